The Kier molecular flexibility index (Phi) is 4.72. The van der Waals surface area contributed by atoms with Crippen molar-refractivity contribution in [3.63, 3.8) is 0 Å². The standard InChI is InChI=1S/C18H22N2O2S2/c21-13-3-1-7-19(11-13)12-17(22)20-8-5-15-14(6-10-24-15)18(20)16-4-2-9-23-16/h2,4,6,9-10,13,18,21H,1,3,5,7-8,11-12H2/t13-,18+/m0/s1. The van der Waals surface area contributed by atoms with E-state index in [-0.39, 0.29) is 18.1 Å². The van der Waals surface area contributed by atoms with Crippen LogP contribution in [0.4, 0.5) is 0 Å². The van der Waals surface area contributed by atoms with Gasteiger partial charge in [-0.05, 0) is 54.3 Å². The molecule has 2 aliphatic heterocycles. The van der Waals surface area contributed by atoms with Crippen LogP contribution in [0.2, 0.25) is 0 Å². The van der Waals surface area contributed by atoms with Crippen LogP contribution in [-0.2, 0) is 11.2 Å². The van der Waals surface area contributed by atoms with Crippen LogP contribution in [0, 0.1) is 0 Å². The smallest absolute Gasteiger partial charge is 0.237 e. The summed E-state index contributed by atoms with van der Waals surface area (Å²) >= 11 is 3.52. The Morgan fingerprint density at radius 2 is 2.17 bits per heavy atom. The highest BCUT2D eigenvalue weighted by molar-refractivity contribution is 7.10. The summed E-state index contributed by atoms with van der Waals surface area (Å²) in [6.45, 7) is 2.72. The van der Waals surface area contributed by atoms with E-state index in [2.05, 4.69) is 33.9 Å². The zero-order chi connectivity index (χ0) is 16.5. The highest BCUT2D eigenvalue weighted by Gasteiger charge is 2.34. The van der Waals surface area contributed by atoms with Gasteiger partial charge in [0.2, 0.25) is 5.91 Å². The Morgan fingerprint density at radius 3 is 2.96 bits per heavy atom. The first-order chi connectivity index (χ1) is 11.7. The van der Waals surface area contributed by atoms with Gasteiger partial charge in [0.05, 0.1) is 18.7 Å². The van der Waals surface area contributed by atoms with Crippen molar-refractivity contribution in [1.29, 1.82) is 0 Å². The number of β-amino-alcohol motifs (C(OH)–C–C–N with tert-alkyl or cyclic N) is 1. The van der Waals surface area contributed by atoms with Gasteiger partial charge in [-0.3, -0.25) is 9.69 Å². The molecule has 0 saturated carbocycles. The number of likely N-dealkylation sites (tertiary alicyclic amines) is 1. The first kappa shape index (κ1) is 16.3. The zero-order valence-electron chi connectivity index (χ0n) is 13.6. The molecule has 0 spiro atoms. The molecule has 2 aromatic heterocycles. The summed E-state index contributed by atoms with van der Waals surface area (Å²) in [5.74, 6) is 0.180. The highest BCUT2D eigenvalue weighted by atomic mass is 32.1. The highest BCUT2D eigenvalue weighted by Crippen LogP contribution is 2.39. The van der Waals surface area contributed by atoms with Gasteiger partial charge in [-0.15, -0.1) is 22.7 Å². The lowest BCUT2D eigenvalue weighted by Crippen LogP contribution is -2.48. The number of hydrogen-bond acceptors (Lipinski definition) is 5. The van der Waals surface area contributed by atoms with Gasteiger partial charge in [0.1, 0.15) is 0 Å². The predicted octanol–water partition coefficient (Wildman–Crippen LogP) is 2.74. The maximum atomic E-state index is 13.0. The summed E-state index contributed by atoms with van der Waals surface area (Å²) in [5, 5.41) is 14.1. The minimum Gasteiger partial charge on any atom is -0.392 e. The first-order valence-electron chi connectivity index (χ1n) is 8.52. The van der Waals surface area contributed by atoms with Crippen molar-refractivity contribution < 1.29 is 9.90 Å². The van der Waals surface area contributed by atoms with E-state index in [1.54, 1.807) is 22.7 Å². The third-order valence-corrected chi connectivity index (χ3v) is 6.86. The number of nitrogens with zero attached hydrogens (tertiary/aromatic N) is 2. The van der Waals surface area contributed by atoms with Gasteiger partial charge in [-0.2, -0.15) is 0 Å². The Hall–Kier alpha value is -1.21. The summed E-state index contributed by atoms with van der Waals surface area (Å²) in [5.41, 5.74) is 1.29. The van der Waals surface area contributed by atoms with Gasteiger partial charge >= 0.3 is 0 Å². The molecular weight excluding hydrogens is 340 g/mol. The molecule has 1 fully saturated rings. The van der Waals surface area contributed by atoms with Crippen molar-refractivity contribution in [3.05, 3.63) is 44.3 Å². The molecule has 0 aromatic carbocycles. The van der Waals surface area contributed by atoms with Gasteiger partial charge in [-0.25, -0.2) is 0 Å². The maximum absolute atomic E-state index is 13.0. The van der Waals surface area contributed by atoms with Crippen LogP contribution in [0.5, 0.6) is 0 Å². The number of aliphatic hydroxyl groups excluding tert-OH is 1. The average Bonchev–Trinajstić information content (AvgIpc) is 3.25. The summed E-state index contributed by atoms with van der Waals surface area (Å²) in [6.07, 6.45) is 2.48. The van der Waals surface area contributed by atoms with Crippen molar-refractivity contribution in [2.45, 2.75) is 31.4 Å². The van der Waals surface area contributed by atoms with Crippen molar-refractivity contribution in [2.75, 3.05) is 26.2 Å². The number of fused-ring (bicyclic) bond motifs is 1. The Morgan fingerprint density at radius 1 is 1.25 bits per heavy atom. The fourth-order valence-electron chi connectivity index (χ4n) is 3.80. The molecule has 24 heavy (non-hydrogen) atoms. The quantitative estimate of drug-likeness (QED) is 0.913. The van der Waals surface area contributed by atoms with E-state index in [1.165, 1.54) is 15.3 Å². The monoisotopic (exact) mass is 362 g/mol. The second-order valence-corrected chi connectivity index (χ2v) is 8.57. The Bertz CT molecular complexity index is 698. The lowest BCUT2D eigenvalue weighted by molar-refractivity contribution is -0.135. The summed E-state index contributed by atoms with van der Waals surface area (Å²) < 4.78 is 0. The molecule has 4 heterocycles. The molecule has 4 nitrogen and oxygen atoms in total. The van der Waals surface area contributed by atoms with E-state index in [4.69, 9.17) is 0 Å². The molecule has 0 aliphatic carbocycles. The Balaban J connectivity index is 1.56. The average molecular weight is 363 g/mol. The van der Waals surface area contributed by atoms with Crippen molar-refractivity contribution in [2.24, 2.45) is 0 Å². The molecule has 1 saturated heterocycles. The minimum atomic E-state index is -0.288. The van der Waals surface area contributed by atoms with Crippen molar-refractivity contribution in [3.8, 4) is 0 Å². The van der Waals surface area contributed by atoms with Crippen LogP contribution in [0.15, 0.2) is 29.0 Å². The number of amides is 1. The normalized spacial score (nSPS) is 24.8. The molecule has 4 rings (SSSR count). The lowest BCUT2D eigenvalue weighted by atomic mass is 9.98. The molecular formula is C18H22N2O2S2. The van der Waals surface area contributed by atoms with E-state index in [0.717, 1.165) is 32.4 Å². The molecule has 0 radical (unpaired) electrons. The van der Waals surface area contributed by atoms with E-state index in [9.17, 15) is 9.90 Å². The summed E-state index contributed by atoms with van der Waals surface area (Å²) in [6, 6.07) is 6.42. The molecule has 128 valence electrons. The molecule has 2 atom stereocenters. The van der Waals surface area contributed by atoms with E-state index in [1.807, 2.05) is 4.90 Å². The minimum absolute atomic E-state index is 0.0576. The van der Waals surface area contributed by atoms with Crippen LogP contribution in [0.1, 0.15) is 34.2 Å². The molecule has 1 amide bonds. The fourth-order valence-corrected chi connectivity index (χ4v) is 5.55. The van der Waals surface area contributed by atoms with Gasteiger partial charge in [0.25, 0.3) is 0 Å². The van der Waals surface area contributed by atoms with Crippen LogP contribution in [-0.4, -0.2) is 53.1 Å². The van der Waals surface area contributed by atoms with Crippen LogP contribution in [0.3, 0.4) is 0 Å². The molecule has 0 bridgehead atoms. The maximum Gasteiger partial charge on any atom is 0.237 e. The number of piperidine rings is 1. The number of hydrogen-bond donors (Lipinski definition) is 1. The topological polar surface area (TPSA) is 43.8 Å². The van der Waals surface area contributed by atoms with Gasteiger partial charge in [0, 0.05) is 22.8 Å². The number of carbonyl (C=O) groups is 1. The molecule has 6 heteroatoms. The van der Waals surface area contributed by atoms with E-state index in [0.29, 0.717) is 13.1 Å². The van der Waals surface area contributed by atoms with Crippen LogP contribution < -0.4 is 0 Å². The van der Waals surface area contributed by atoms with E-state index >= 15 is 0 Å². The Labute approximate surface area is 150 Å². The third-order valence-electron chi connectivity index (χ3n) is 4.94. The molecule has 2 aliphatic rings. The lowest BCUT2D eigenvalue weighted by Gasteiger charge is -2.38. The van der Waals surface area contributed by atoms with Crippen LogP contribution >= 0.6 is 22.7 Å². The van der Waals surface area contributed by atoms with Crippen molar-refractivity contribution in [1.82, 2.24) is 9.80 Å². The number of carbonyl (C=O) groups excluding carboxylic acids is 1. The number of thiophene rings is 2. The number of aliphatic hydroxyl groups is 1. The molecule has 1 N–H and O–H groups in total. The third kappa shape index (κ3) is 3.16. The molecule has 2 aromatic rings. The second kappa shape index (κ2) is 6.96. The second-order valence-electron chi connectivity index (χ2n) is 6.59. The fraction of sp³-hybridized carbons (Fsp3) is 0.500. The summed E-state index contributed by atoms with van der Waals surface area (Å²) in [7, 11) is 0. The number of rotatable bonds is 3. The van der Waals surface area contributed by atoms with E-state index < -0.39 is 0 Å². The zero-order valence-corrected chi connectivity index (χ0v) is 15.2. The van der Waals surface area contributed by atoms with Gasteiger partial charge in [0.15, 0.2) is 0 Å². The van der Waals surface area contributed by atoms with Gasteiger partial charge < -0.3 is 10.0 Å². The van der Waals surface area contributed by atoms with Crippen LogP contribution in [0.25, 0.3) is 0 Å². The van der Waals surface area contributed by atoms with Gasteiger partial charge in [-0.1, -0.05) is 6.07 Å². The SMILES string of the molecule is O=C(CN1CCC[C@H](O)C1)N1CCc2sccc2[C@@H]1c1cccs1. The summed E-state index contributed by atoms with van der Waals surface area (Å²) in [4.78, 5) is 19.8. The first-order valence-corrected chi connectivity index (χ1v) is 10.3. The largest absolute Gasteiger partial charge is 0.392 e. The van der Waals surface area contributed by atoms with Crippen molar-refractivity contribution >= 4 is 28.6 Å². The molecule has 0 unspecified atom stereocenters. The predicted molar refractivity (Wildman–Crippen MR) is 97.6 cm³/mol.